The molecule has 0 amide bonds. The summed E-state index contributed by atoms with van der Waals surface area (Å²) in [5.74, 6) is 1.22. The molecular weight excluding hydrogens is 283 g/mol. The van der Waals surface area contributed by atoms with Gasteiger partial charge in [-0.05, 0) is 48.3 Å². The molecule has 0 spiro atoms. The summed E-state index contributed by atoms with van der Waals surface area (Å²) >= 11 is 0. The van der Waals surface area contributed by atoms with Gasteiger partial charge in [-0.2, -0.15) is 0 Å². The van der Waals surface area contributed by atoms with Crippen molar-refractivity contribution in [1.82, 2.24) is 0 Å². The molecule has 0 bridgehead atoms. The van der Waals surface area contributed by atoms with Crippen LogP contribution in [0.15, 0.2) is 24.0 Å². The van der Waals surface area contributed by atoms with Crippen LogP contribution in [0.2, 0.25) is 18.1 Å². The molecule has 0 atom stereocenters. The van der Waals surface area contributed by atoms with Gasteiger partial charge in [-0.1, -0.05) is 20.8 Å². The van der Waals surface area contributed by atoms with Crippen molar-refractivity contribution < 1.29 is 13.6 Å². The van der Waals surface area contributed by atoms with E-state index in [1.165, 1.54) is 0 Å². The third-order valence-corrected chi connectivity index (χ3v) is 9.17. The fraction of sp³-hybridized carbons (Fsp3) is 0.529. The van der Waals surface area contributed by atoms with E-state index in [0.717, 1.165) is 35.0 Å². The maximum absolute atomic E-state index is 14.4. The Bertz CT molecular complexity index is 527. The van der Waals surface area contributed by atoms with Gasteiger partial charge < -0.3 is 9.16 Å². The Balaban J connectivity index is 2.39. The third-order valence-electron chi connectivity index (χ3n) is 4.67. The lowest BCUT2D eigenvalue weighted by Crippen LogP contribution is -2.35. The van der Waals surface area contributed by atoms with Crippen LogP contribution >= 0.6 is 0 Å². The summed E-state index contributed by atoms with van der Waals surface area (Å²) in [5.41, 5.74) is 2.03. The lowest BCUT2D eigenvalue weighted by Gasteiger charge is -2.32. The number of halogens is 1. The summed E-state index contributed by atoms with van der Waals surface area (Å²) in [7, 11) is -0.212. The molecule has 0 radical (unpaired) electrons. The van der Waals surface area contributed by atoms with Gasteiger partial charge >= 0.3 is 0 Å². The molecule has 4 heteroatoms. The molecule has 0 aromatic heterocycles. The van der Waals surface area contributed by atoms with E-state index in [4.69, 9.17) is 9.16 Å². The first-order chi connectivity index (χ1) is 10.1. The van der Waals surface area contributed by atoms with Gasteiger partial charge in [-0.3, -0.25) is 0 Å². The lowest BCUT2D eigenvalue weighted by molar-refractivity contribution is 0.413. The standard InChI is InChI=1S/C17H25FO2Si/c1-5-21(6-2,7-3)20-17-15-10-9-14(19-4)12-13(15)8-11-16(17)18/h9-10,12H,5-8,11H2,1-4H3. The van der Waals surface area contributed by atoms with Crippen LogP contribution in [0.25, 0.3) is 5.76 Å². The first-order valence-corrected chi connectivity index (χ1v) is 10.4. The van der Waals surface area contributed by atoms with Gasteiger partial charge in [0.25, 0.3) is 8.32 Å². The van der Waals surface area contributed by atoms with Crippen molar-refractivity contribution in [2.45, 2.75) is 51.7 Å². The summed E-state index contributed by atoms with van der Waals surface area (Å²) in [4.78, 5) is 0. The molecular formula is C17H25FO2Si. The van der Waals surface area contributed by atoms with Gasteiger partial charge in [0.15, 0.2) is 0 Å². The minimum atomic E-state index is -1.87. The number of ether oxygens (including phenoxy) is 1. The Labute approximate surface area is 128 Å². The average Bonchev–Trinajstić information content (AvgIpc) is 2.54. The molecule has 2 rings (SSSR count). The minimum absolute atomic E-state index is 0.0973. The number of hydrogen-bond acceptors (Lipinski definition) is 2. The molecule has 1 aliphatic rings. The van der Waals surface area contributed by atoms with Gasteiger partial charge in [0.2, 0.25) is 0 Å². The number of hydrogen-bond donors (Lipinski definition) is 0. The number of allylic oxidation sites excluding steroid dienone is 1. The second-order valence-electron chi connectivity index (χ2n) is 5.60. The normalized spacial score (nSPS) is 14.9. The molecule has 0 saturated heterocycles. The van der Waals surface area contributed by atoms with Crippen LogP contribution in [0, 0.1) is 0 Å². The Morgan fingerprint density at radius 1 is 1.10 bits per heavy atom. The average molecular weight is 308 g/mol. The van der Waals surface area contributed by atoms with Gasteiger partial charge in [0, 0.05) is 12.0 Å². The Morgan fingerprint density at radius 2 is 1.76 bits per heavy atom. The monoisotopic (exact) mass is 308 g/mol. The van der Waals surface area contributed by atoms with Crippen molar-refractivity contribution in [1.29, 1.82) is 0 Å². The quantitative estimate of drug-likeness (QED) is 0.664. The Hall–Kier alpha value is -1.29. The third kappa shape index (κ3) is 3.15. The number of fused-ring (bicyclic) bond motifs is 1. The molecule has 0 unspecified atom stereocenters. The molecule has 0 N–H and O–H groups in total. The van der Waals surface area contributed by atoms with Crippen LogP contribution in [-0.2, 0) is 10.8 Å². The van der Waals surface area contributed by atoms with Crippen molar-refractivity contribution >= 4 is 14.1 Å². The van der Waals surface area contributed by atoms with Gasteiger partial charge in [0.05, 0.1) is 7.11 Å². The van der Waals surface area contributed by atoms with Crippen molar-refractivity contribution in [2.75, 3.05) is 7.11 Å². The van der Waals surface area contributed by atoms with Gasteiger partial charge in [-0.15, -0.1) is 0 Å². The van der Waals surface area contributed by atoms with Crippen LogP contribution in [-0.4, -0.2) is 15.4 Å². The first kappa shape index (κ1) is 16.1. The second-order valence-corrected chi connectivity index (χ2v) is 10.3. The van der Waals surface area contributed by atoms with E-state index in [0.29, 0.717) is 18.6 Å². The lowest BCUT2D eigenvalue weighted by atomic mass is 9.95. The zero-order chi connectivity index (χ0) is 15.5. The molecule has 0 fully saturated rings. The molecule has 21 heavy (non-hydrogen) atoms. The van der Waals surface area contributed by atoms with E-state index in [-0.39, 0.29) is 5.83 Å². The number of aryl methyl sites for hydroxylation is 1. The molecule has 116 valence electrons. The Morgan fingerprint density at radius 3 is 2.33 bits per heavy atom. The minimum Gasteiger partial charge on any atom is -0.541 e. The summed E-state index contributed by atoms with van der Waals surface area (Å²) in [6.07, 6.45) is 1.14. The second kappa shape index (κ2) is 6.65. The molecule has 1 aromatic rings. The fourth-order valence-electron chi connectivity index (χ4n) is 2.92. The largest absolute Gasteiger partial charge is 0.541 e. The van der Waals surface area contributed by atoms with E-state index in [1.54, 1.807) is 7.11 Å². The summed E-state index contributed by atoms with van der Waals surface area (Å²) in [6.45, 7) is 6.49. The molecule has 0 heterocycles. The van der Waals surface area contributed by atoms with Gasteiger partial charge in [0.1, 0.15) is 17.3 Å². The zero-order valence-corrected chi connectivity index (χ0v) is 14.5. The van der Waals surface area contributed by atoms with Crippen LogP contribution in [0.1, 0.15) is 38.3 Å². The van der Waals surface area contributed by atoms with Crippen LogP contribution in [0.3, 0.4) is 0 Å². The van der Waals surface area contributed by atoms with Crippen molar-refractivity contribution in [3.8, 4) is 5.75 Å². The van der Waals surface area contributed by atoms with E-state index >= 15 is 0 Å². The highest BCUT2D eigenvalue weighted by atomic mass is 28.4. The van der Waals surface area contributed by atoms with Crippen molar-refractivity contribution in [3.63, 3.8) is 0 Å². The summed E-state index contributed by atoms with van der Waals surface area (Å²) in [5, 5.41) is 0. The predicted octanol–water partition coefficient (Wildman–Crippen LogP) is 5.30. The smallest absolute Gasteiger partial charge is 0.250 e. The highest BCUT2D eigenvalue weighted by molar-refractivity contribution is 6.74. The zero-order valence-electron chi connectivity index (χ0n) is 13.5. The SMILES string of the molecule is CC[Si](CC)(CC)OC1=C(F)CCc2cc(OC)ccc21. The maximum Gasteiger partial charge on any atom is 0.250 e. The maximum atomic E-state index is 14.4. The first-order valence-electron chi connectivity index (χ1n) is 7.84. The van der Waals surface area contributed by atoms with E-state index in [9.17, 15) is 4.39 Å². The highest BCUT2D eigenvalue weighted by Crippen LogP contribution is 2.38. The fourth-order valence-corrected chi connectivity index (χ4v) is 5.51. The number of methoxy groups -OCH3 is 1. The number of benzene rings is 1. The Kier molecular flexibility index (Phi) is 5.09. The van der Waals surface area contributed by atoms with Gasteiger partial charge in [-0.25, -0.2) is 4.39 Å². The van der Waals surface area contributed by atoms with Crippen molar-refractivity contribution in [3.05, 3.63) is 35.2 Å². The van der Waals surface area contributed by atoms with Crippen LogP contribution in [0.5, 0.6) is 5.75 Å². The van der Waals surface area contributed by atoms with E-state index in [2.05, 4.69) is 20.8 Å². The molecule has 1 aromatic carbocycles. The molecule has 1 aliphatic carbocycles. The summed E-state index contributed by atoms with van der Waals surface area (Å²) in [6, 6.07) is 8.86. The van der Waals surface area contributed by atoms with Crippen LogP contribution in [0.4, 0.5) is 4.39 Å². The van der Waals surface area contributed by atoms with E-state index < -0.39 is 8.32 Å². The molecule has 2 nitrogen and oxygen atoms in total. The van der Waals surface area contributed by atoms with Crippen molar-refractivity contribution in [2.24, 2.45) is 0 Å². The predicted molar refractivity (Wildman–Crippen MR) is 87.6 cm³/mol. The van der Waals surface area contributed by atoms with E-state index in [1.807, 2.05) is 18.2 Å². The topological polar surface area (TPSA) is 18.5 Å². The molecule has 0 saturated carbocycles. The number of rotatable bonds is 6. The highest BCUT2D eigenvalue weighted by Gasteiger charge is 2.34. The summed E-state index contributed by atoms with van der Waals surface area (Å²) < 4.78 is 26.0. The van der Waals surface area contributed by atoms with Crippen LogP contribution < -0.4 is 4.74 Å². The molecule has 0 aliphatic heterocycles.